The molecule has 0 aliphatic rings. The van der Waals surface area contributed by atoms with Crippen molar-refractivity contribution in [2.24, 2.45) is 0 Å². The Morgan fingerprint density at radius 2 is 1.90 bits per heavy atom. The monoisotopic (exact) mass is 283 g/mol. The second-order valence-electron chi connectivity index (χ2n) is 5.46. The van der Waals surface area contributed by atoms with Crippen LogP contribution in [-0.2, 0) is 0 Å². The zero-order valence-corrected chi connectivity index (χ0v) is 13.7. The molecule has 2 heteroatoms. The van der Waals surface area contributed by atoms with Crippen LogP contribution < -0.4 is 10.1 Å². The van der Waals surface area contributed by atoms with E-state index in [0.29, 0.717) is 6.04 Å². The molecular weight excluding hydrogens is 258 g/mol. The van der Waals surface area contributed by atoms with Gasteiger partial charge >= 0.3 is 0 Å². The van der Waals surface area contributed by atoms with Gasteiger partial charge in [0.25, 0.3) is 0 Å². The van der Waals surface area contributed by atoms with Crippen LogP contribution in [0, 0.1) is 13.8 Å². The number of ether oxygens (including phenoxy) is 1. The van der Waals surface area contributed by atoms with E-state index in [-0.39, 0.29) is 0 Å². The van der Waals surface area contributed by atoms with Crippen molar-refractivity contribution in [3.63, 3.8) is 0 Å². The first-order valence-corrected chi connectivity index (χ1v) is 7.54. The molecule has 21 heavy (non-hydrogen) atoms. The van der Waals surface area contributed by atoms with Crippen LogP contribution in [0.3, 0.4) is 0 Å². The molecule has 0 aliphatic heterocycles. The number of benzene rings is 2. The van der Waals surface area contributed by atoms with Crippen molar-refractivity contribution in [1.29, 1.82) is 0 Å². The van der Waals surface area contributed by atoms with Crippen molar-refractivity contribution in [2.45, 2.75) is 33.2 Å². The molecule has 1 unspecified atom stereocenters. The van der Waals surface area contributed by atoms with E-state index in [4.69, 9.17) is 4.74 Å². The standard InChI is InChI=1S/C19H25NO/c1-6-18(20-4)16-9-7-8-15(12-16)17-11-10-13(2)14(3)19(17)21-5/h7-12,18,20H,6H2,1-5H3. The van der Waals surface area contributed by atoms with Crippen molar-refractivity contribution in [3.8, 4) is 16.9 Å². The van der Waals surface area contributed by atoms with Crippen molar-refractivity contribution in [3.05, 3.63) is 53.1 Å². The van der Waals surface area contributed by atoms with Crippen LogP contribution >= 0.6 is 0 Å². The minimum atomic E-state index is 0.391. The number of hydrogen-bond acceptors (Lipinski definition) is 2. The first-order valence-electron chi connectivity index (χ1n) is 7.54. The van der Waals surface area contributed by atoms with Crippen LogP contribution in [-0.4, -0.2) is 14.2 Å². The molecule has 0 heterocycles. The van der Waals surface area contributed by atoms with E-state index >= 15 is 0 Å². The number of nitrogens with one attached hydrogen (secondary N) is 1. The van der Waals surface area contributed by atoms with Crippen molar-refractivity contribution in [2.75, 3.05) is 14.2 Å². The molecule has 2 nitrogen and oxygen atoms in total. The summed E-state index contributed by atoms with van der Waals surface area (Å²) in [4.78, 5) is 0. The van der Waals surface area contributed by atoms with Gasteiger partial charge in [0.2, 0.25) is 0 Å². The Labute approximate surface area is 128 Å². The third-order valence-electron chi connectivity index (χ3n) is 4.24. The van der Waals surface area contributed by atoms with Gasteiger partial charge < -0.3 is 10.1 Å². The maximum Gasteiger partial charge on any atom is 0.129 e. The second kappa shape index (κ2) is 6.77. The maximum atomic E-state index is 5.65. The molecule has 0 spiro atoms. The highest BCUT2D eigenvalue weighted by molar-refractivity contribution is 5.73. The van der Waals surface area contributed by atoms with Crippen molar-refractivity contribution >= 4 is 0 Å². The predicted octanol–water partition coefficient (Wildman–Crippen LogP) is 4.65. The summed E-state index contributed by atoms with van der Waals surface area (Å²) in [6, 6.07) is 13.4. The van der Waals surface area contributed by atoms with Crippen LogP contribution in [0.25, 0.3) is 11.1 Å². The Morgan fingerprint density at radius 1 is 1.14 bits per heavy atom. The fourth-order valence-electron chi connectivity index (χ4n) is 2.81. The molecule has 0 bridgehead atoms. The van der Waals surface area contributed by atoms with E-state index in [1.807, 2.05) is 7.05 Å². The molecule has 1 atom stereocenters. The average Bonchev–Trinajstić information content (AvgIpc) is 2.51. The smallest absolute Gasteiger partial charge is 0.129 e. The van der Waals surface area contributed by atoms with Crippen molar-refractivity contribution in [1.82, 2.24) is 5.32 Å². The lowest BCUT2D eigenvalue weighted by atomic mass is 9.95. The largest absolute Gasteiger partial charge is 0.496 e. The molecule has 112 valence electrons. The van der Waals surface area contributed by atoms with Crippen LogP contribution in [0.5, 0.6) is 5.75 Å². The van der Waals surface area contributed by atoms with Gasteiger partial charge in [0, 0.05) is 11.6 Å². The Balaban J connectivity index is 2.52. The van der Waals surface area contributed by atoms with E-state index in [2.05, 4.69) is 62.5 Å². The Hall–Kier alpha value is -1.80. The fourth-order valence-corrected chi connectivity index (χ4v) is 2.81. The lowest BCUT2D eigenvalue weighted by Gasteiger charge is -2.17. The summed E-state index contributed by atoms with van der Waals surface area (Å²) in [5.41, 5.74) is 6.15. The quantitative estimate of drug-likeness (QED) is 0.862. The molecule has 0 amide bonds. The Morgan fingerprint density at radius 3 is 2.52 bits per heavy atom. The molecule has 0 radical (unpaired) electrons. The third kappa shape index (κ3) is 3.11. The average molecular weight is 283 g/mol. The van der Waals surface area contributed by atoms with Gasteiger partial charge in [-0.1, -0.05) is 37.3 Å². The molecule has 2 rings (SSSR count). The minimum absolute atomic E-state index is 0.391. The number of rotatable bonds is 5. The highest BCUT2D eigenvalue weighted by Gasteiger charge is 2.12. The minimum Gasteiger partial charge on any atom is -0.496 e. The SMILES string of the molecule is CCC(NC)c1cccc(-c2ccc(C)c(C)c2OC)c1. The highest BCUT2D eigenvalue weighted by Crippen LogP contribution is 2.35. The van der Waals surface area contributed by atoms with E-state index in [1.54, 1.807) is 7.11 Å². The summed E-state index contributed by atoms with van der Waals surface area (Å²) in [5, 5.41) is 3.36. The number of hydrogen-bond donors (Lipinski definition) is 1. The lowest BCUT2D eigenvalue weighted by molar-refractivity contribution is 0.413. The summed E-state index contributed by atoms with van der Waals surface area (Å²) >= 11 is 0. The first kappa shape index (κ1) is 15.6. The molecule has 0 aliphatic carbocycles. The second-order valence-corrected chi connectivity index (χ2v) is 5.46. The first-order chi connectivity index (χ1) is 10.1. The highest BCUT2D eigenvalue weighted by atomic mass is 16.5. The molecule has 1 N–H and O–H groups in total. The van der Waals surface area contributed by atoms with Gasteiger partial charge in [0.05, 0.1) is 7.11 Å². The summed E-state index contributed by atoms with van der Waals surface area (Å²) in [6.07, 6.45) is 1.07. The Bertz CT molecular complexity index is 615. The summed E-state index contributed by atoms with van der Waals surface area (Å²) < 4.78 is 5.65. The third-order valence-corrected chi connectivity index (χ3v) is 4.24. The zero-order valence-electron chi connectivity index (χ0n) is 13.7. The summed E-state index contributed by atoms with van der Waals surface area (Å²) in [5.74, 6) is 0.977. The van der Waals surface area contributed by atoms with E-state index in [9.17, 15) is 0 Å². The predicted molar refractivity (Wildman–Crippen MR) is 90.0 cm³/mol. The van der Waals surface area contributed by atoms with E-state index in [1.165, 1.54) is 22.3 Å². The van der Waals surface area contributed by atoms with E-state index < -0.39 is 0 Å². The van der Waals surface area contributed by atoms with Crippen LogP contribution in [0.4, 0.5) is 0 Å². The summed E-state index contributed by atoms with van der Waals surface area (Å²) in [7, 11) is 3.76. The summed E-state index contributed by atoms with van der Waals surface area (Å²) in [6.45, 7) is 6.43. The molecule has 0 aromatic heterocycles. The van der Waals surface area contributed by atoms with Gasteiger partial charge in [-0.05, 0) is 55.6 Å². The number of aryl methyl sites for hydroxylation is 1. The number of methoxy groups -OCH3 is 1. The fraction of sp³-hybridized carbons (Fsp3) is 0.368. The van der Waals surface area contributed by atoms with Crippen molar-refractivity contribution < 1.29 is 4.74 Å². The molecule has 0 saturated carbocycles. The van der Waals surface area contributed by atoms with Gasteiger partial charge in [-0.3, -0.25) is 0 Å². The molecular formula is C19H25NO. The normalized spacial score (nSPS) is 12.2. The van der Waals surface area contributed by atoms with Gasteiger partial charge in [-0.15, -0.1) is 0 Å². The molecule has 2 aromatic rings. The van der Waals surface area contributed by atoms with Gasteiger partial charge in [0.1, 0.15) is 5.75 Å². The van der Waals surface area contributed by atoms with Gasteiger partial charge in [-0.2, -0.15) is 0 Å². The Kier molecular flexibility index (Phi) is 5.03. The maximum absolute atomic E-state index is 5.65. The van der Waals surface area contributed by atoms with Crippen LogP contribution in [0.1, 0.15) is 36.1 Å². The van der Waals surface area contributed by atoms with Crippen LogP contribution in [0.2, 0.25) is 0 Å². The lowest BCUT2D eigenvalue weighted by Crippen LogP contribution is -2.15. The van der Waals surface area contributed by atoms with E-state index in [0.717, 1.165) is 17.7 Å². The van der Waals surface area contributed by atoms with Crippen LogP contribution in [0.15, 0.2) is 36.4 Å². The molecule has 2 aromatic carbocycles. The molecule has 0 fully saturated rings. The van der Waals surface area contributed by atoms with Gasteiger partial charge in [-0.25, -0.2) is 0 Å². The van der Waals surface area contributed by atoms with Gasteiger partial charge in [0.15, 0.2) is 0 Å². The zero-order chi connectivity index (χ0) is 15.4. The topological polar surface area (TPSA) is 21.3 Å². The molecule has 0 saturated heterocycles.